The molecule has 0 aliphatic rings. The molecule has 13 heavy (non-hydrogen) atoms. The molecule has 3 nitrogen and oxygen atoms in total. The average Bonchev–Trinajstić information content (AvgIpc) is 2.09. The number of rotatable bonds is 4. The molecular weight excluding hydrogens is 232 g/mol. The van der Waals surface area contributed by atoms with Crippen molar-refractivity contribution in [2.75, 3.05) is 17.7 Å². The van der Waals surface area contributed by atoms with Crippen molar-refractivity contribution in [1.29, 1.82) is 0 Å². The minimum atomic E-state index is 0.467. The first-order valence-electron chi connectivity index (χ1n) is 4.16. The lowest BCUT2D eigenvalue weighted by Crippen LogP contribution is -2.02. The summed E-state index contributed by atoms with van der Waals surface area (Å²) < 4.78 is 5.41. The SMILES string of the molecule is Cc1ccc(OCCCBr)c(N)n1. The second kappa shape index (κ2) is 5.07. The molecule has 0 amide bonds. The Kier molecular flexibility index (Phi) is 4.02. The van der Waals surface area contributed by atoms with Gasteiger partial charge in [0.1, 0.15) is 0 Å². The zero-order chi connectivity index (χ0) is 9.68. The fourth-order valence-corrected chi connectivity index (χ4v) is 1.15. The molecule has 0 saturated heterocycles. The number of pyridine rings is 1. The number of hydrogen-bond acceptors (Lipinski definition) is 3. The van der Waals surface area contributed by atoms with Crippen molar-refractivity contribution < 1.29 is 4.74 Å². The van der Waals surface area contributed by atoms with E-state index < -0.39 is 0 Å². The summed E-state index contributed by atoms with van der Waals surface area (Å²) >= 11 is 3.33. The molecule has 0 fully saturated rings. The fourth-order valence-electron chi connectivity index (χ4n) is 0.923. The van der Waals surface area contributed by atoms with E-state index in [1.165, 1.54) is 0 Å². The number of nitrogens with zero attached hydrogens (tertiary/aromatic N) is 1. The van der Waals surface area contributed by atoms with E-state index in [2.05, 4.69) is 20.9 Å². The van der Waals surface area contributed by atoms with Gasteiger partial charge in [-0.1, -0.05) is 15.9 Å². The maximum absolute atomic E-state index is 5.66. The van der Waals surface area contributed by atoms with Crippen molar-refractivity contribution in [1.82, 2.24) is 4.98 Å². The largest absolute Gasteiger partial charge is 0.490 e. The minimum Gasteiger partial charge on any atom is -0.490 e. The molecule has 0 aliphatic heterocycles. The number of halogens is 1. The first kappa shape index (κ1) is 10.3. The highest BCUT2D eigenvalue weighted by molar-refractivity contribution is 9.09. The van der Waals surface area contributed by atoms with Crippen molar-refractivity contribution in [2.45, 2.75) is 13.3 Å². The topological polar surface area (TPSA) is 48.1 Å². The van der Waals surface area contributed by atoms with Gasteiger partial charge in [0.2, 0.25) is 0 Å². The standard InChI is InChI=1S/C9H13BrN2O/c1-7-3-4-8(9(11)12-7)13-6-2-5-10/h3-4H,2,5-6H2,1H3,(H2,11,12). The van der Waals surface area contributed by atoms with Crippen molar-refractivity contribution in [3.8, 4) is 5.75 Å². The van der Waals surface area contributed by atoms with Crippen LogP contribution in [0.1, 0.15) is 12.1 Å². The molecule has 0 spiro atoms. The highest BCUT2D eigenvalue weighted by atomic mass is 79.9. The lowest BCUT2D eigenvalue weighted by atomic mass is 10.3. The van der Waals surface area contributed by atoms with Crippen LogP contribution in [0.25, 0.3) is 0 Å². The Morgan fingerprint density at radius 1 is 1.54 bits per heavy atom. The Balaban J connectivity index is 2.56. The molecule has 0 saturated carbocycles. The molecule has 2 N–H and O–H groups in total. The summed E-state index contributed by atoms with van der Waals surface area (Å²) in [4.78, 5) is 4.09. The van der Waals surface area contributed by atoms with E-state index in [1.54, 1.807) is 0 Å². The Hall–Kier alpha value is -0.770. The number of nitrogen functional groups attached to an aromatic ring is 1. The van der Waals surface area contributed by atoms with Gasteiger partial charge >= 0.3 is 0 Å². The number of aromatic nitrogens is 1. The number of anilines is 1. The van der Waals surface area contributed by atoms with Crippen LogP contribution in [0.15, 0.2) is 12.1 Å². The van der Waals surface area contributed by atoms with Gasteiger partial charge in [-0.3, -0.25) is 0 Å². The summed E-state index contributed by atoms with van der Waals surface area (Å²) in [6, 6.07) is 3.74. The van der Waals surface area contributed by atoms with Gasteiger partial charge in [0.05, 0.1) is 6.61 Å². The van der Waals surface area contributed by atoms with Gasteiger partial charge in [-0.15, -0.1) is 0 Å². The quantitative estimate of drug-likeness (QED) is 0.653. The first-order chi connectivity index (χ1) is 6.24. The molecule has 72 valence electrons. The zero-order valence-corrected chi connectivity index (χ0v) is 9.17. The molecule has 1 aromatic heterocycles. The summed E-state index contributed by atoms with van der Waals surface area (Å²) in [7, 11) is 0. The maximum Gasteiger partial charge on any atom is 0.166 e. The number of alkyl halides is 1. The van der Waals surface area contributed by atoms with Gasteiger partial charge in [0.25, 0.3) is 0 Å². The third kappa shape index (κ3) is 3.22. The van der Waals surface area contributed by atoms with Crippen LogP contribution >= 0.6 is 15.9 Å². The molecule has 0 atom stereocenters. The van der Waals surface area contributed by atoms with Crippen LogP contribution in [0.3, 0.4) is 0 Å². The predicted octanol–water partition coefficient (Wildman–Crippen LogP) is 2.14. The summed E-state index contributed by atoms with van der Waals surface area (Å²) in [6.07, 6.45) is 0.966. The molecule has 0 radical (unpaired) electrons. The third-order valence-corrected chi connectivity index (χ3v) is 2.12. The Bertz CT molecular complexity index is 278. The Morgan fingerprint density at radius 3 is 2.92 bits per heavy atom. The molecule has 0 unspecified atom stereocenters. The van der Waals surface area contributed by atoms with Crippen molar-refractivity contribution >= 4 is 21.7 Å². The molecule has 0 aromatic carbocycles. The molecule has 0 bridgehead atoms. The van der Waals surface area contributed by atoms with Crippen LogP contribution in [-0.4, -0.2) is 16.9 Å². The lowest BCUT2D eigenvalue weighted by molar-refractivity contribution is 0.319. The van der Waals surface area contributed by atoms with Crippen molar-refractivity contribution in [3.05, 3.63) is 17.8 Å². The smallest absolute Gasteiger partial charge is 0.166 e. The fraction of sp³-hybridized carbons (Fsp3) is 0.444. The summed E-state index contributed by atoms with van der Waals surface area (Å²) in [6.45, 7) is 2.57. The van der Waals surface area contributed by atoms with E-state index in [-0.39, 0.29) is 0 Å². The number of hydrogen-bond donors (Lipinski definition) is 1. The highest BCUT2D eigenvalue weighted by Crippen LogP contribution is 2.18. The van der Waals surface area contributed by atoms with Gasteiger partial charge in [-0.2, -0.15) is 0 Å². The van der Waals surface area contributed by atoms with Gasteiger partial charge in [-0.05, 0) is 25.5 Å². The van der Waals surface area contributed by atoms with Crippen LogP contribution in [0.2, 0.25) is 0 Å². The van der Waals surface area contributed by atoms with E-state index in [4.69, 9.17) is 10.5 Å². The monoisotopic (exact) mass is 244 g/mol. The van der Waals surface area contributed by atoms with Gasteiger partial charge in [0.15, 0.2) is 11.6 Å². The Morgan fingerprint density at radius 2 is 2.31 bits per heavy atom. The number of aryl methyl sites for hydroxylation is 1. The molecule has 4 heteroatoms. The summed E-state index contributed by atoms with van der Waals surface area (Å²) in [5.74, 6) is 1.14. The van der Waals surface area contributed by atoms with Crippen molar-refractivity contribution in [2.24, 2.45) is 0 Å². The predicted molar refractivity (Wildman–Crippen MR) is 57.3 cm³/mol. The van der Waals surface area contributed by atoms with Gasteiger partial charge in [0, 0.05) is 11.0 Å². The van der Waals surface area contributed by atoms with Gasteiger partial charge < -0.3 is 10.5 Å². The zero-order valence-electron chi connectivity index (χ0n) is 7.59. The molecule has 1 heterocycles. The second-order valence-electron chi connectivity index (χ2n) is 2.73. The van der Waals surface area contributed by atoms with Crippen LogP contribution in [-0.2, 0) is 0 Å². The molecule has 1 rings (SSSR count). The highest BCUT2D eigenvalue weighted by Gasteiger charge is 2.00. The van der Waals surface area contributed by atoms with E-state index in [0.717, 1.165) is 17.4 Å². The number of ether oxygens (including phenoxy) is 1. The van der Waals surface area contributed by atoms with Crippen LogP contribution in [0.5, 0.6) is 5.75 Å². The lowest BCUT2D eigenvalue weighted by Gasteiger charge is -2.07. The van der Waals surface area contributed by atoms with Crippen molar-refractivity contribution in [3.63, 3.8) is 0 Å². The summed E-state index contributed by atoms with van der Waals surface area (Å²) in [5.41, 5.74) is 6.56. The van der Waals surface area contributed by atoms with E-state index in [9.17, 15) is 0 Å². The first-order valence-corrected chi connectivity index (χ1v) is 5.28. The molecular formula is C9H13BrN2O. The van der Waals surface area contributed by atoms with Gasteiger partial charge in [-0.25, -0.2) is 4.98 Å². The van der Waals surface area contributed by atoms with Crippen LogP contribution in [0, 0.1) is 6.92 Å². The Labute approximate surface area is 86.4 Å². The average molecular weight is 245 g/mol. The third-order valence-electron chi connectivity index (χ3n) is 1.56. The molecule has 1 aromatic rings. The minimum absolute atomic E-state index is 0.467. The molecule has 0 aliphatic carbocycles. The van der Waals surface area contributed by atoms with E-state index >= 15 is 0 Å². The van der Waals surface area contributed by atoms with E-state index in [1.807, 2.05) is 19.1 Å². The van der Waals surface area contributed by atoms with Crippen LogP contribution < -0.4 is 10.5 Å². The second-order valence-corrected chi connectivity index (χ2v) is 3.52. The maximum atomic E-state index is 5.66. The summed E-state index contributed by atoms with van der Waals surface area (Å²) in [5, 5.41) is 0.937. The normalized spacial score (nSPS) is 10.0. The number of nitrogens with two attached hydrogens (primary N) is 1. The van der Waals surface area contributed by atoms with Crippen LogP contribution in [0.4, 0.5) is 5.82 Å². The van der Waals surface area contributed by atoms with E-state index in [0.29, 0.717) is 18.2 Å².